The summed E-state index contributed by atoms with van der Waals surface area (Å²) < 4.78 is 27.6. The molecule has 0 aliphatic heterocycles. The Kier molecular flexibility index (Phi) is 4.16. The van der Waals surface area contributed by atoms with Gasteiger partial charge in [-0.25, -0.2) is 13.1 Å². The molecule has 106 valence electrons. The van der Waals surface area contributed by atoms with Crippen molar-refractivity contribution in [2.75, 3.05) is 5.73 Å². The Hall–Kier alpha value is -1.07. The average Bonchev–Trinajstić information content (AvgIpc) is 2.31. The predicted octanol–water partition coefficient (Wildman–Crippen LogP) is 2.43. The van der Waals surface area contributed by atoms with Crippen molar-refractivity contribution < 1.29 is 8.42 Å². The molecule has 3 N–H and O–H groups in total. The molecule has 0 spiro atoms. The number of aryl methyl sites for hydroxylation is 1. The number of anilines is 1. The number of rotatable bonds is 3. The summed E-state index contributed by atoms with van der Waals surface area (Å²) in [4.78, 5) is 0.191. The SMILES string of the molecule is Cc1ccc(S(=O)(=O)NC2CCCCC2C)c(N)c1. The van der Waals surface area contributed by atoms with Gasteiger partial charge in [-0.2, -0.15) is 0 Å². The number of nitrogens with two attached hydrogens (primary N) is 1. The standard InChI is InChI=1S/C14H22N2O2S/c1-10-7-8-14(12(15)9-10)19(17,18)16-13-6-4-3-5-11(13)2/h7-9,11,13,16H,3-6,15H2,1-2H3. The molecular weight excluding hydrogens is 260 g/mol. The molecule has 1 aliphatic rings. The molecule has 4 nitrogen and oxygen atoms in total. The molecule has 2 rings (SSSR count). The smallest absolute Gasteiger partial charge is 0.242 e. The van der Waals surface area contributed by atoms with Gasteiger partial charge in [0.2, 0.25) is 10.0 Å². The van der Waals surface area contributed by atoms with Crippen molar-refractivity contribution in [3.8, 4) is 0 Å². The van der Waals surface area contributed by atoms with Gasteiger partial charge >= 0.3 is 0 Å². The molecule has 1 aromatic rings. The maximum atomic E-state index is 12.4. The highest BCUT2D eigenvalue weighted by atomic mass is 32.2. The maximum absolute atomic E-state index is 12.4. The highest BCUT2D eigenvalue weighted by Gasteiger charge is 2.27. The molecule has 1 aromatic carbocycles. The van der Waals surface area contributed by atoms with Crippen LogP contribution in [0.3, 0.4) is 0 Å². The van der Waals surface area contributed by atoms with Crippen molar-refractivity contribution in [1.29, 1.82) is 0 Å². The molecule has 5 heteroatoms. The fraction of sp³-hybridized carbons (Fsp3) is 0.571. The fourth-order valence-corrected chi connectivity index (χ4v) is 4.16. The van der Waals surface area contributed by atoms with Crippen LogP contribution in [0, 0.1) is 12.8 Å². The van der Waals surface area contributed by atoms with Gasteiger partial charge < -0.3 is 5.73 Å². The molecule has 0 aromatic heterocycles. The van der Waals surface area contributed by atoms with Gasteiger partial charge in [-0.1, -0.05) is 25.8 Å². The summed E-state index contributed by atoms with van der Waals surface area (Å²) in [5, 5.41) is 0. The summed E-state index contributed by atoms with van der Waals surface area (Å²) in [7, 11) is -3.52. The average molecular weight is 282 g/mol. The summed E-state index contributed by atoms with van der Waals surface area (Å²) in [6.45, 7) is 3.99. The van der Waals surface area contributed by atoms with Crippen LogP contribution in [-0.4, -0.2) is 14.5 Å². The van der Waals surface area contributed by atoms with Crippen molar-refractivity contribution in [1.82, 2.24) is 4.72 Å². The first-order valence-corrected chi connectivity index (χ1v) is 8.27. The second kappa shape index (κ2) is 5.51. The molecule has 1 saturated carbocycles. The minimum Gasteiger partial charge on any atom is -0.398 e. The van der Waals surface area contributed by atoms with Crippen LogP contribution in [0.15, 0.2) is 23.1 Å². The van der Waals surface area contributed by atoms with Gasteiger partial charge in [-0.3, -0.25) is 0 Å². The predicted molar refractivity (Wildman–Crippen MR) is 77.3 cm³/mol. The Bertz CT molecular complexity index is 555. The zero-order chi connectivity index (χ0) is 14.0. The van der Waals surface area contributed by atoms with E-state index >= 15 is 0 Å². The van der Waals surface area contributed by atoms with E-state index in [0.29, 0.717) is 11.6 Å². The number of hydrogen-bond acceptors (Lipinski definition) is 3. The molecule has 0 amide bonds. The molecule has 0 bridgehead atoms. The number of nitrogens with one attached hydrogen (secondary N) is 1. The first-order chi connectivity index (χ1) is 8.90. The van der Waals surface area contributed by atoms with Crippen LogP contribution in [0.5, 0.6) is 0 Å². The molecule has 2 unspecified atom stereocenters. The summed E-state index contributed by atoms with van der Waals surface area (Å²) in [5.74, 6) is 0.384. The minimum atomic E-state index is -3.52. The minimum absolute atomic E-state index is 0.0273. The second-order valence-electron chi connectivity index (χ2n) is 5.53. The molecular formula is C14H22N2O2S. The Balaban J connectivity index is 2.22. The zero-order valence-electron chi connectivity index (χ0n) is 11.5. The lowest BCUT2D eigenvalue weighted by atomic mass is 9.87. The number of hydrogen-bond donors (Lipinski definition) is 2. The first kappa shape index (κ1) is 14.3. The lowest BCUT2D eigenvalue weighted by Gasteiger charge is -2.29. The molecule has 2 atom stereocenters. The highest BCUT2D eigenvalue weighted by Crippen LogP contribution is 2.26. The lowest BCUT2D eigenvalue weighted by molar-refractivity contribution is 0.310. The molecule has 0 radical (unpaired) electrons. The topological polar surface area (TPSA) is 72.2 Å². The van der Waals surface area contributed by atoms with E-state index in [1.54, 1.807) is 18.2 Å². The normalized spacial score (nSPS) is 24.3. The Labute approximate surface area is 115 Å². The van der Waals surface area contributed by atoms with E-state index in [0.717, 1.165) is 24.8 Å². The van der Waals surface area contributed by atoms with Crippen molar-refractivity contribution in [2.24, 2.45) is 5.92 Å². The number of sulfonamides is 1. The largest absolute Gasteiger partial charge is 0.398 e. The summed E-state index contributed by atoms with van der Waals surface area (Å²) in [6, 6.07) is 5.08. The van der Waals surface area contributed by atoms with Gasteiger partial charge in [-0.15, -0.1) is 0 Å². The summed E-state index contributed by atoms with van der Waals surface area (Å²) in [5.41, 5.74) is 7.10. The van der Waals surface area contributed by atoms with E-state index < -0.39 is 10.0 Å². The molecule has 0 saturated heterocycles. The van der Waals surface area contributed by atoms with Crippen LogP contribution in [0.25, 0.3) is 0 Å². The third-order valence-electron chi connectivity index (χ3n) is 3.87. The third-order valence-corrected chi connectivity index (χ3v) is 5.44. The molecule has 1 aliphatic carbocycles. The van der Waals surface area contributed by atoms with Gasteiger partial charge in [0.15, 0.2) is 0 Å². The fourth-order valence-electron chi connectivity index (χ4n) is 2.67. The third kappa shape index (κ3) is 3.28. The van der Waals surface area contributed by atoms with Gasteiger partial charge in [0.25, 0.3) is 0 Å². The van der Waals surface area contributed by atoms with E-state index in [1.165, 1.54) is 6.42 Å². The second-order valence-corrected chi connectivity index (χ2v) is 7.21. The van der Waals surface area contributed by atoms with Crippen LogP contribution in [-0.2, 0) is 10.0 Å². The monoisotopic (exact) mass is 282 g/mol. The van der Waals surface area contributed by atoms with Gasteiger partial charge in [0.1, 0.15) is 4.90 Å². The van der Waals surface area contributed by atoms with Gasteiger partial charge in [0.05, 0.1) is 5.69 Å². The van der Waals surface area contributed by atoms with E-state index in [1.807, 2.05) is 6.92 Å². The molecule has 1 fully saturated rings. The van der Waals surface area contributed by atoms with Gasteiger partial charge in [0, 0.05) is 6.04 Å². The van der Waals surface area contributed by atoms with E-state index in [4.69, 9.17) is 5.73 Å². The summed E-state index contributed by atoms with van der Waals surface area (Å²) in [6.07, 6.45) is 4.26. The number of benzene rings is 1. The van der Waals surface area contributed by atoms with E-state index in [9.17, 15) is 8.42 Å². The van der Waals surface area contributed by atoms with Gasteiger partial charge in [-0.05, 0) is 43.4 Å². The Morgan fingerprint density at radius 1 is 1.26 bits per heavy atom. The lowest BCUT2D eigenvalue weighted by Crippen LogP contribution is -2.41. The quantitative estimate of drug-likeness (QED) is 0.836. The maximum Gasteiger partial charge on any atom is 0.242 e. The highest BCUT2D eigenvalue weighted by molar-refractivity contribution is 7.89. The zero-order valence-corrected chi connectivity index (χ0v) is 12.3. The van der Waals surface area contributed by atoms with Crippen molar-refractivity contribution in [3.63, 3.8) is 0 Å². The first-order valence-electron chi connectivity index (χ1n) is 6.78. The molecule has 0 heterocycles. The van der Waals surface area contributed by atoms with E-state index in [-0.39, 0.29) is 10.9 Å². The van der Waals surface area contributed by atoms with Crippen LogP contribution in [0.4, 0.5) is 5.69 Å². The van der Waals surface area contributed by atoms with Crippen molar-refractivity contribution >= 4 is 15.7 Å². The molecule has 19 heavy (non-hydrogen) atoms. The Morgan fingerprint density at radius 2 is 1.95 bits per heavy atom. The summed E-state index contributed by atoms with van der Waals surface area (Å²) >= 11 is 0. The van der Waals surface area contributed by atoms with Crippen LogP contribution < -0.4 is 10.5 Å². The van der Waals surface area contributed by atoms with E-state index in [2.05, 4.69) is 11.6 Å². The van der Waals surface area contributed by atoms with Crippen LogP contribution in [0.2, 0.25) is 0 Å². The van der Waals surface area contributed by atoms with Crippen LogP contribution >= 0.6 is 0 Å². The van der Waals surface area contributed by atoms with Crippen molar-refractivity contribution in [3.05, 3.63) is 23.8 Å². The van der Waals surface area contributed by atoms with Crippen molar-refractivity contribution in [2.45, 2.75) is 50.5 Å². The Morgan fingerprint density at radius 3 is 2.58 bits per heavy atom. The number of nitrogen functional groups attached to an aromatic ring is 1. The van der Waals surface area contributed by atoms with Crippen LogP contribution in [0.1, 0.15) is 38.2 Å².